The van der Waals surface area contributed by atoms with E-state index in [-0.39, 0.29) is 12.1 Å². The minimum atomic E-state index is 0.116. The Labute approximate surface area is 132 Å². The molecule has 0 aliphatic heterocycles. The van der Waals surface area contributed by atoms with Gasteiger partial charge in [-0.3, -0.25) is 0 Å². The molecule has 0 aromatic rings. The highest BCUT2D eigenvalue weighted by Crippen LogP contribution is 2.22. The summed E-state index contributed by atoms with van der Waals surface area (Å²) in [5, 5.41) is 12.4. The van der Waals surface area contributed by atoms with E-state index in [9.17, 15) is 0 Å². The molecule has 3 heteroatoms. The van der Waals surface area contributed by atoms with Gasteiger partial charge in [0, 0.05) is 12.1 Å². The zero-order chi connectivity index (χ0) is 15.8. The van der Waals surface area contributed by atoms with Crippen LogP contribution in [0.3, 0.4) is 0 Å². The lowest BCUT2D eigenvalue weighted by Gasteiger charge is -2.31. The van der Waals surface area contributed by atoms with E-state index >= 15 is 0 Å². The number of rotatable bonds is 16. The molecule has 2 N–H and O–H groups in total. The standard InChI is InChI=1S/C18H39NO2/c1-4-6-8-10-12-18(3,13-11-9-7-5-2)19-14-16-21-17-15-20/h19-20H,4-17H2,1-3H3. The Morgan fingerprint density at radius 3 is 1.90 bits per heavy atom. The van der Waals surface area contributed by atoms with E-state index in [4.69, 9.17) is 9.84 Å². The second kappa shape index (κ2) is 14.8. The van der Waals surface area contributed by atoms with Crippen LogP contribution in [0.5, 0.6) is 0 Å². The molecule has 0 rings (SSSR count). The van der Waals surface area contributed by atoms with E-state index in [1.807, 2.05) is 0 Å². The van der Waals surface area contributed by atoms with Crippen LogP contribution in [0.25, 0.3) is 0 Å². The number of ether oxygens (including phenoxy) is 1. The fourth-order valence-corrected chi connectivity index (χ4v) is 2.78. The average molecular weight is 302 g/mol. The first-order chi connectivity index (χ1) is 10.2. The van der Waals surface area contributed by atoms with Gasteiger partial charge in [0.2, 0.25) is 0 Å². The fourth-order valence-electron chi connectivity index (χ4n) is 2.78. The van der Waals surface area contributed by atoms with Crippen LogP contribution in [0.15, 0.2) is 0 Å². The molecule has 0 fully saturated rings. The number of nitrogens with one attached hydrogen (secondary N) is 1. The Bertz CT molecular complexity index is 197. The van der Waals surface area contributed by atoms with Crippen molar-refractivity contribution in [2.75, 3.05) is 26.4 Å². The number of hydrogen-bond donors (Lipinski definition) is 2. The third-order valence-corrected chi connectivity index (χ3v) is 4.20. The molecule has 21 heavy (non-hydrogen) atoms. The second-order valence-electron chi connectivity index (χ2n) is 6.44. The first kappa shape index (κ1) is 20.9. The highest BCUT2D eigenvalue weighted by atomic mass is 16.5. The molecule has 0 aromatic carbocycles. The minimum absolute atomic E-state index is 0.116. The third-order valence-electron chi connectivity index (χ3n) is 4.20. The molecule has 0 bridgehead atoms. The first-order valence-corrected chi connectivity index (χ1v) is 9.12. The normalized spacial score (nSPS) is 12.0. The summed E-state index contributed by atoms with van der Waals surface area (Å²) in [4.78, 5) is 0. The highest BCUT2D eigenvalue weighted by molar-refractivity contribution is 4.83. The highest BCUT2D eigenvalue weighted by Gasteiger charge is 2.22. The molecule has 0 unspecified atom stereocenters. The quantitative estimate of drug-likeness (QED) is 0.418. The summed E-state index contributed by atoms with van der Waals surface area (Å²) in [6.45, 7) is 9.05. The number of aliphatic hydroxyl groups excluding tert-OH is 1. The Kier molecular flexibility index (Phi) is 14.7. The van der Waals surface area contributed by atoms with E-state index in [2.05, 4.69) is 26.1 Å². The van der Waals surface area contributed by atoms with Gasteiger partial charge in [0.25, 0.3) is 0 Å². The SMILES string of the molecule is CCCCCCC(C)(CCCCCC)NCCOCCO. The van der Waals surface area contributed by atoms with E-state index < -0.39 is 0 Å². The lowest BCUT2D eigenvalue weighted by Crippen LogP contribution is -2.44. The number of hydrogen-bond acceptors (Lipinski definition) is 3. The van der Waals surface area contributed by atoms with Gasteiger partial charge in [-0.2, -0.15) is 0 Å². The van der Waals surface area contributed by atoms with Crippen LogP contribution in [0.4, 0.5) is 0 Å². The molecule has 0 aliphatic carbocycles. The van der Waals surface area contributed by atoms with Gasteiger partial charge in [0.15, 0.2) is 0 Å². The topological polar surface area (TPSA) is 41.5 Å². The van der Waals surface area contributed by atoms with Gasteiger partial charge in [-0.25, -0.2) is 0 Å². The van der Waals surface area contributed by atoms with Gasteiger partial charge in [0.05, 0.1) is 19.8 Å². The van der Waals surface area contributed by atoms with Crippen LogP contribution in [0.1, 0.15) is 85.0 Å². The summed E-state index contributed by atoms with van der Waals surface area (Å²) in [6.07, 6.45) is 13.2. The Balaban J connectivity index is 3.98. The number of unbranched alkanes of at least 4 members (excludes halogenated alkanes) is 6. The van der Waals surface area contributed by atoms with Gasteiger partial charge in [-0.05, 0) is 19.8 Å². The van der Waals surface area contributed by atoms with E-state index in [1.54, 1.807) is 0 Å². The van der Waals surface area contributed by atoms with Crippen molar-refractivity contribution in [3.05, 3.63) is 0 Å². The molecule has 0 aromatic heterocycles. The van der Waals surface area contributed by atoms with E-state index in [1.165, 1.54) is 64.2 Å². The van der Waals surface area contributed by atoms with Gasteiger partial charge in [-0.15, -0.1) is 0 Å². The summed E-state index contributed by atoms with van der Waals surface area (Å²) < 4.78 is 5.35. The zero-order valence-corrected chi connectivity index (χ0v) is 14.8. The maximum atomic E-state index is 8.71. The predicted octanol–water partition coefficient (Wildman–Crippen LogP) is 4.28. The predicted molar refractivity (Wildman–Crippen MR) is 91.8 cm³/mol. The zero-order valence-electron chi connectivity index (χ0n) is 14.8. The van der Waals surface area contributed by atoms with Crippen molar-refractivity contribution in [2.45, 2.75) is 90.5 Å². The van der Waals surface area contributed by atoms with Crippen molar-refractivity contribution >= 4 is 0 Å². The molecular weight excluding hydrogens is 262 g/mol. The maximum Gasteiger partial charge on any atom is 0.0698 e. The molecule has 0 amide bonds. The lowest BCUT2D eigenvalue weighted by molar-refractivity contribution is 0.0885. The molecule has 0 saturated carbocycles. The third kappa shape index (κ3) is 13.3. The summed E-state index contributed by atoms with van der Waals surface area (Å²) in [7, 11) is 0. The van der Waals surface area contributed by atoms with Crippen molar-refractivity contribution in [1.29, 1.82) is 0 Å². The Morgan fingerprint density at radius 2 is 1.43 bits per heavy atom. The average Bonchev–Trinajstić information content (AvgIpc) is 2.48. The molecule has 0 saturated heterocycles. The minimum Gasteiger partial charge on any atom is -0.394 e. The monoisotopic (exact) mass is 301 g/mol. The molecule has 0 spiro atoms. The molecule has 0 atom stereocenters. The molecule has 3 nitrogen and oxygen atoms in total. The van der Waals surface area contributed by atoms with Crippen LogP contribution < -0.4 is 5.32 Å². The number of aliphatic hydroxyl groups is 1. The van der Waals surface area contributed by atoms with Gasteiger partial charge >= 0.3 is 0 Å². The molecular formula is C18H39NO2. The van der Waals surface area contributed by atoms with Gasteiger partial charge in [-0.1, -0.05) is 65.2 Å². The molecule has 0 radical (unpaired) electrons. The summed E-state index contributed by atoms with van der Waals surface area (Å²) >= 11 is 0. The van der Waals surface area contributed by atoms with Crippen molar-refractivity contribution in [2.24, 2.45) is 0 Å². The summed E-state index contributed by atoms with van der Waals surface area (Å²) in [5.41, 5.74) is 0.254. The smallest absolute Gasteiger partial charge is 0.0698 e. The summed E-state index contributed by atoms with van der Waals surface area (Å²) in [6, 6.07) is 0. The van der Waals surface area contributed by atoms with Crippen LogP contribution in [-0.2, 0) is 4.74 Å². The Morgan fingerprint density at radius 1 is 0.857 bits per heavy atom. The van der Waals surface area contributed by atoms with Gasteiger partial charge < -0.3 is 15.2 Å². The molecule has 128 valence electrons. The van der Waals surface area contributed by atoms with Crippen molar-refractivity contribution < 1.29 is 9.84 Å². The van der Waals surface area contributed by atoms with Gasteiger partial charge in [0.1, 0.15) is 0 Å². The largest absolute Gasteiger partial charge is 0.394 e. The molecule has 0 aliphatic rings. The van der Waals surface area contributed by atoms with Crippen molar-refractivity contribution in [3.63, 3.8) is 0 Å². The van der Waals surface area contributed by atoms with E-state index in [0.717, 1.165) is 6.54 Å². The van der Waals surface area contributed by atoms with Crippen molar-refractivity contribution in [1.82, 2.24) is 5.32 Å². The first-order valence-electron chi connectivity index (χ1n) is 9.12. The lowest BCUT2D eigenvalue weighted by atomic mass is 9.88. The summed E-state index contributed by atoms with van der Waals surface area (Å²) in [5.74, 6) is 0. The van der Waals surface area contributed by atoms with Crippen LogP contribution in [0, 0.1) is 0 Å². The second-order valence-corrected chi connectivity index (χ2v) is 6.44. The Hall–Kier alpha value is -0.120. The van der Waals surface area contributed by atoms with E-state index in [0.29, 0.717) is 13.2 Å². The van der Waals surface area contributed by atoms with Crippen LogP contribution in [0.2, 0.25) is 0 Å². The van der Waals surface area contributed by atoms with Crippen LogP contribution in [-0.4, -0.2) is 37.0 Å². The molecule has 0 heterocycles. The maximum absolute atomic E-state index is 8.71. The fraction of sp³-hybridized carbons (Fsp3) is 1.00. The van der Waals surface area contributed by atoms with Crippen molar-refractivity contribution in [3.8, 4) is 0 Å². The van der Waals surface area contributed by atoms with Crippen LogP contribution >= 0.6 is 0 Å².